The molecule has 0 spiro atoms. The summed E-state index contributed by atoms with van der Waals surface area (Å²) in [6.07, 6.45) is 5.27. The maximum absolute atomic E-state index is 12.3. The molecule has 3 atom stereocenters. The molecular weight excluding hydrogens is 344 g/mol. The zero-order valence-corrected chi connectivity index (χ0v) is 16.1. The van der Waals surface area contributed by atoms with Gasteiger partial charge in [0, 0.05) is 12.0 Å². The van der Waals surface area contributed by atoms with Crippen LogP contribution < -0.4 is 4.74 Å². The van der Waals surface area contributed by atoms with Crippen LogP contribution in [-0.2, 0) is 20.7 Å². The number of ether oxygens (including phenoxy) is 3. The van der Waals surface area contributed by atoms with Crippen LogP contribution >= 0.6 is 0 Å². The molecule has 1 aromatic rings. The van der Waals surface area contributed by atoms with Crippen molar-refractivity contribution in [3.05, 3.63) is 53.8 Å². The average Bonchev–Trinajstić information content (AvgIpc) is 3.06. The highest BCUT2D eigenvalue weighted by molar-refractivity contribution is 5.97. The van der Waals surface area contributed by atoms with Crippen LogP contribution in [0.2, 0.25) is 0 Å². The molecule has 2 aliphatic rings. The third-order valence-electron chi connectivity index (χ3n) is 5.61. The monoisotopic (exact) mass is 370 g/mol. The van der Waals surface area contributed by atoms with Gasteiger partial charge in [-0.3, -0.25) is 9.59 Å². The van der Waals surface area contributed by atoms with Crippen molar-refractivity contribution in [3.8, 4) is 5.75 Å². The van der Waals surface area contributed by atoms with E-state index in [2.05, 4.69) is 13.5 Å². The maximum Gasteiger partial charge on any atom is 0.189 e. The summed E-state index contributed by atoms with van der Waals surface area (Å²) in [7, 11) is 1.56. The number of carbonyl (C=O) groups excluding carboxylic acids is 2. The first-order valence-electron chi connectivity index (χ1n) is 9.22. The van der Waals surface area contributed by atoms with Crippen LogP contribution in [0, 0.1) is 11.8 Å². The Morgan fingerprint density at radius 1 is 1.48 bits per heavy atom. The molecule has 0 saturated carbocycles. The molecule has 3 rings (SSSR count). The molecule has 0 N–H and O–H groups in total. The van der Waals surface area contributed by atoms with Gasteiger partial charge in [-0.25, -0.2) is 0 Å². The fourth-order valence-electron chi connectivity index (χ4n) is 4.09. The summed E-state index contributed by atoms with van der Waals surface area (Å²) in [4.78, 5) is 24.2. The van der Waals surface area contributed by atoms with Crippen LogP contribution in [0.15, 0.2) is 42.7 Å². The number of carbonyl (C=O) groups is 2. The van der Waals surface area contributed by atoms with Crippen LogP contribution in [0.4, 0.5) is 0 Å². The van der Waals surface area contributed by atoms with E-state index in [-0.39, 0.29) is 30.2 Å². The summed E-state index contributed by atoms with van der Waals surface area (Å²) < 4.78 is 17.0. The third kappa shape index (κ3) is 3.56. The number of Topliss-reactive ketones (excluding diaryl/α,β-unsaturated/α-hetero) is 1. The Bertz CT molecular complexity index is 794. The predicted octanol–water partition coefficient (Wildman–Crippen LogP) is 3.87. The molecule has 144 valence electrons. The van der Waals surface area contributed by atoms with Gasteiger partial charge >= 0.3 is 0 Å². The van der Waals surface area contributed by atoms with Gasteiger partial charge in [0.1, 0.15) is 17.1 Å². The van der Waals surface area contributed by atoms with Crippen LogP contribution in [0.3, 0.4) is 0 Å². The van der Waals surface area contributed by atoms with Gasteiger partial charge in [-0.1, -0.05) is 19.1 Å². The quantitative estimate of drug-likeness (QED) is 0.539. The van der Waals surface area contributed by atoms with E-state index < -0.39 is 5.60 Å². The van der Waals surface area contributed by atoms with Gasteiger partial charge in [-0.05, 0) is 49.8 Å². The van der Waals surface area contributed by atoms with E-state index in [4.69, 9.17) is 14.2 Å². The molecular formula is C22H26O5. The van der Waals surface area contributed by atoms with E-state index >= 15 is 0 Å². The molecule has 1 heterocycles. The molecule has 0 amide bonds. The summed E-state index contributed by atoms with van der Waals surface area (Å²) in [5, 5.41) is 0. The molecule has 0 bridgehead atoms. The van der Waals surface area contributed by atoms with Gasteiger partial charge < -0.3 is 14.2 Å². The Kier molecular flexibility index (Phi) is 5.51. The van der Waals surface area contributed by atoms with Crippen molar-refractivity contribution >= 4 is 11.6 Å². The van der Waals surface area contributed by atoms with Gasteiger partial charge in [0.2, 0.25) is 0 Å². The lowest BCUT2D eigenvalue weighted by molar-refractivity contribution is -0.123. The molecule has 1 fully saturated rings. The minimum Gasteiger partial charge on any atom is -0.496 e. The van der Waals surface area contributed by atoms with E-state index in [1.54, 1.807) is 19.3 Å². The maximum atomic E-state index is 12.3. The van der Waals surface area contributed by atoms with Crippen molar-refractivity contribution in [2.24, 2.45) is 11.8 Å². The molecule has 5 nitrogen and oxygen atoms in total. The number of methoxy groups -OCH3 is 1. The highest BCUT2D eigenvalue weighted by Crippen LogP contribution is 2.46. The molecule has 1 aliphatic carbocycles. The van der Waals surface area contributed by atoms with E-state index in [1.165, 1.54) is 6.92 Å². The van der Waals surface area contributed by atoms with E-state index in [0.717, 1.165) is 5.56 Å². The highest BCUT2D eigenvalue weighted by Gasteiger charge is 2.51. The van der Waals surface area contributed by atoms with E-state index in [1.807, 2.05) is 18.2 Å². The predicted molar refractivity (Wildman–Crippen MR) is 102 cm³/mol. The summed E-state index contributed by atoms with van der Waals surface area (Å²) in [5.74, 6) is 1.17. The number of ketones is 2. The number of hydrogen-bond acceptors (Lipinski definition) is 5. The summed E-state index contributed by atoms with van der Waals surface area (Å²) >= 11 is 0. The van der Waals surface area contributed by atoms with Crippen LogP contribution in [-0.4, -0.2) is 31.1 Å². The lowest BCUT2D eigenvalue weighted by Crippen LogP contribution is -2.44. The Labute approximate surface area is 160 Å². The van der Waals surface area contributed by atoms with E-state index in [9.17, 15) is 9.59 Å². The van der Waals surface area contributed by atoms with Gasteiger partial charge in [0.05, 0.1) is 12.7 Å². The number of rotatable bonds is 7. The molecule has 1 aromatic carbocycles. The van der Waals surface area contributed by atoms with Gasteiger partial charge in [0.25, 0.3) is 0 Å². The molecule has 0 aromatic heterocycles. The van der Waals surface area contributed by atoms with Gasteiger partial charge in [0.15, 0.2) is 18.4 Å². The van der Waals surface area contributed by atoms with Crippen molar-refractivity contribution in [1.29, 1.82) is 0 Å². The smallest absolute Gasteiger partial charge is 0.189 e. The van der Waals surface area contributed by atoms with Gasteiger partial charge in [-0.2, -0.15) is 0 Å². The van der Waals surface area contributed by atoms with Crippen molar-refractivity contribution in [2.75, 3.05) is 13.9 Å². The third-order valence-corrected chi connectivity index (χ3v) is 5.61. The average molecular weight is 370 g/mol. The molecule has 1 aliphatic heterocycles. The van der Waals surface area contributed by atoms with Gasteiger partial charge in [-0.15, -0.1) is 6.58 Å². The molecule has 1 saturated heterocycles. The van der Waals surface area contributed by atoms with Crippen molar-refractivity contribution in [1.82, 2.24) is 0 Å². The Morgan fingerprint density at radius 3 is 2.93 bits per heavy atom. The number of hydrogen-bond donors (Lipinski definition) is 0. The first kappa shape index (κ1) is 19.4. The normalized spacial score (nSPS) is 25.2. The molecule has 0 radical (unpaired) electrons. The Balaban J connectivity index is 1.88. The van der Waals surface area contributed by atoms with Crippen LogP contribution in [0.1, 0.15) is 42.6 Å². The Hall–Kier alpha value is -2.40. The zero-order valence-electron chi connectivity index (χ0n) is 16.1. The first-order valence-corrected chi connectivity index (χ1v) is 9.22. The minimum atomic E-state index is -0.613. The fraction of sp³-hybridized carbons (Fsp3) is 0.455. The standard InChI is InChI=1S/C22H26O5/c1-5-6-17-12-22(21(11-19(17)24)26-13-27-22)14(2)9-16-7-8-20(25-4)18(10-16)15(3)23/h5,7-8,10-11,14,17H,1,6,9,12-13H2,2-4H3/t14-,17?,22+/m0/s1. The minimum absolute atomic E-state index is 0.0325. The van der Waals surface area contributed by atoms with Crippen molar-refractivity contribution < 1.29 is 23.8 Å². The Morgan fingerprint density at radius 2 is 2.26 bits per heavy atom. The second kappa shape index (κ2) is 7.69. The number of fused-ring (bicyclic) bond motifs is 1. The summed E-state index contributed by atoms with van der Waals surface area (Å²) in [6, 6.07) is 5.67. The number of benzene rings is 1. The summed E-state index contributed by atoms with van der Waals surface area (Å²) in [5.41, 5.74) is 0.982. The van der Waals surface area contributed by atoms with Crippen molar-refractivity contribution in [3.63, 3.8) is 0 Å². The topological polar surface area (TPSA) is 61.8 Å². The molecule has 27 heavy (non-hydrogen) atoms. The highest BCUT2D eigenvalue weighted by atomic mass is 16.7. The van der Waals surface area contributed by atoms with Crippen molar-refractivity contribution in [2.45, 2.75) is 38.7 Å². The lowest BCUT2D eigenvalue weighted by atomic mass is 9.71. The first-order chi connectivity index (χ1) is 12.9. The fourth-order valence-corrected chi connectivity index (χ4v) is 4.09. The van der Waals surface area contributed by atoms with E-state index in [0.29, 0.717) is 36.3 Å². The van der Waals surface area contributed by atoms with Crippen LogP contribution in [0.25, 0.3) is 0 Å². The van der Waals surface area contributed by atoms with Crippen LogP contribution in [0.5, 0.6) is 5.75 Å². The second-order valence-corrected chi connectivity index (χ2v) is 7.33. The lowest BCUT2D eigenvalue weighted by Gasteiger charge is -2.38. The molecule has 1 unspecified atom stereocenters. The number of allylic oxidation sites excluding steroid dienone is 2. The molecule has 5 heteroatoms. The second-order valence-electron chi connectivity index (χ2n) is 7.33. The summed E-state index contributed by atoms with van der Waals surface area (Å²) in [6.45, 7) is 7.55. The largest absolute Gasteiger partial charge is 0.496 e. The zero-order chi connectivity index (χ0) is 19.6. The SMILES string of the molecule is C=CCC1C[C@]2([C@@H](C)Cc3ccc(OC)c(C(C)=O)c3)OCOC2=CC1=O.